The molecule has 0 saturated carbocycles. The topological polar surface area (TPSA) is 50.2 Å². The Kier molecular flexibility index (Phi) is 3.79. The zero-order valence-corrected chi connectivity index (χ0v) is 12.2. The Bertz CT molecular complexity index is 814. The number of hydrazone groups is 1. The van der Waals surface area contributed by atoms with Crippen LogP contribution in [0.2, 0.25) is 5.15 Å². The summed E-state index contributed by atoms with van der Waals surface area (Å²) >= 11 is 6.04. The fourth-order valence-corrected chi connectivity index (χ4v) is 2.25. The molecule has 104 valence electrons. The molecule has 0 unspecified atom stereocenters. The van der Waals surface area contributed by atoms with Gasteiger partial charge in [-0.3, -0.25) is 5.43 Å². The van der Waals surface area contributed by atoms with Crippen LogP contribution in [0, 0.1) is 6.92 Å². The van der Waals surface area contributed by atoms with Gasteiger partial charge in [0.05, 0.1) is 6.21 Å². The molecule has 0 atom stereocenters. The van der Waals surface area contributed by atoms with E-state index in [-0.39, 0.29) is 0 Å². The number of hydrogen-bond donors (Lipinski definition) is 1. The van der Waals surface area contributed by atoms with Crippen LogP contribution in [-0.4, -0.2) is 16.4 Å². The van der Waals surface area contributed by atoms with E-state index >= 15 is 0 Å². The summed E-state index contributed by atoms with van der Waals surface area (Å²) in [6, 6.07) is 15.7. The highest BCUT2D eigenvalue weighted by Gasteiger charge is 2.06. The van der Waals surface area contributed by atoms with Gasteiger partial charge in [-0.15, -0.1) is 10.2 Å². The van der Waals surface area contributed by atoms with E-state index in [1.54, 1.807) is 6.21 Å². The fourth-order valence-electron chi connectivity index (χ4n) is 2.05. The molecular formula is C16H13ClN4. The third kappa shape index (κ3) is 2.85. The number of hydrogen-bond acceptors (Lipinski definition) is 4. The number of benzene rings is 2. The quantitative estimate of drug-likeness (QED) is 0.586. The number of anilines is 1. The van der Waals surface area contributed by atoms with Crippen molar-refractivity contribution in [2.45, 2.75) is 6.92 Å². The second-order valence-corrected chi connectivity index (χ2v) is 4.97. The summed E-state index contributed by atoms with van der Waals surface area (Å²) in [6.07, 6.45) is 1.76. The van der Waals surface area contributed by atoms with Gasteiger partial charge in [-0.2, -0.15) is 5.10 Å². The average molecular weight is 297 g/mol. The lowest BCUT2D eigenvalue weighted by Crippen LogP contribution is -1.98. The Labute approximate surface area is 127 Å². The molecule has 0 amide bonds. The first-order valence-corrected chi connectivity index (χ1v) is 6.89. The van der Waals surface area contributed by atoms with E-state index in [1.807, 2.05) is 55.5 Å². The van der Waals surface area contributed by atoms with Crippen molar-refractivity contribution in [3.8, 4) is 0 Å². The SMILES string of the molecule is Cc1ccccc1/C=N\Nc1nnc(Cl)c2ccccc12. The lowest BCUT2D eigenvalue weighted by molar-refractivity contribution is 1.04. The number of aryl methyl sites for hydroxylation is 1. The van der Waals surface area contributed by atoms with Crippen LogP contribution < -0.4 is 5.43 Å². The van der Waals surface area contributed by atoms with E-state index in [2.05, 4.69) is 20.7 Å². The molecule has 3 aromatic rings. The summed E-state index contributed by atoms with van der Waals surface area (Å²) < 4.78 is 0. The molecule has 5 heteroatoms. The number of rotatable bonds is 3. The molecule has 1 heterocycles. The first-order valence-electron chi connectivity index (χ1n) is 6.51. The van der Waals surface area contributed by atoms with Crippen LogP contribution in [0.3, 0.4) is 0 Å². The largest absolute Gasteiger partial charge is 0.259 e. The van der Waals surface area contributed by atoms with Crippen molar-refractivity contribution in [1.82, 2.24) is 10.2 Å². The highest BCUT2D eigenvalue weighted by molar-refractivity contribution is 6.34. The minimum atomic E-state index is 0.388. The third-order valence-electron chi connectivity index (χ3n) is 3.20. The first kappa shape index (κ1) is 13.5. The average Bonchev–Trinajstić information content (AvgIpc) is 2.52. The molecule has 0 spiro atoms. The monoisotopic (exact) mass is 296 g/mol. The number of nitrogens with zero attached hydrogens (tertiary/aromatic N) is 3. The summed E-state index contributed by atoms with van der Waals surface area (Å²) in [6.45, 7) is 2.04. The molecule has 0 saturated heterocycles. The standard InChI is InChI=1S/C16H13ClN4/c1-11-6-2-3-7-12(11)10-18-20-16-14-9-5-4-8-13(14)15(17)19-21-16/h2-10H,1H3,(H,20,21)/b18-10-. The van der Waals surface area contributed by atoms with Crippen molar-refractivity contribution in [3.63, 3.8) is 0 Å². The maximum Gasteiger partial charge on any atom is 0.176 e. The van der Waals surface area contributed by atoms with E-state index in [1.165, 1.54) is 0 Å². The van der Waals surface area contributed by atoms with E-state index in [0.29, 0.717) is 11.0 Å². The molecule has 1 aromatic heterocycles. The van der Waals surface area contributed by atoms with Crippen LogP contribution in [-0.2, 0) is 0 Å². The minimum absolute atomic E-state index is 0.388. The molecule has 21 heavy (non-hydrogen) atoms. The Morgan fingerprint density at radius 2 is 1.71 bits per heavy atom. The zero-order valence-electron chi connectivity index (χ0n) is 11.4. The van der Waals surface area contributed by atoms with Crippen molar-refractivity contribution in [3.05, 3.63) is 64.8 Å². The summed E-state index contributed by atoms with van der Waals surface area (Å²) in [5, 5.41) is 14.3. The molecular weight excluding hydrogens is 284 g/mol. The van der Waals surface area contributed by atoms with Crippen molar-refractivity contribution in [2.75, 3.05) is 5.43 Å². The van der Waals surface area contributed by atoms with Gasteiger partial charge in [-0.25, -0.2) is 0 Å². The van der Waals surface area contributed by atoms with Gasteiger partial charge in [-0.1, -0.05) is 60.1 Å². The third-order valence-corrected chi connectivity index (χ3v) is 3.48. The van der Waals surface area contributed by atoms with Crippen LogP contribution in [0.15, 0.2) is 53.6 Å². The summed E-state index contributed by atoms with van der Waals surface area (Å²) in [7, 11) is 0. The second-order valence-electron chi connectivity index (χ2n) is 4.61. The molecule has 0 bridgehead atoms. The molecule has 1 N–H and O–H groups in total. The van der Waals surface area contributed by atoms with Crippen molar-refractivity contribution < 1.29 is 0 Å². The number of halogens is 1. The zero-order chi connectivity index (χ0) is 14.7. The predicted octanol–water partition coefficient (Wildman–Crippen LogP) is 4.04. The number of nitrogens with one attached hydrogen (secondary N) is 1. The highest BCUT2D eigenvalue weighted by Crippen LogP contribution is 2.25. The number of fused-ring (bicyclic) bond motifs is 1. The van der Waals surface area contributed by atoms with Crippen LogP contribution >= 0.6 is 11.6 Å². The van der Waals surface area contributed by atoms with Gasteiger partial charge >= 0.3 is 0 Å². The van der Waals surface area contributed by atoms with Gasteiger partial charge in [0.25, 0.3) is 0 Å². The Morgan fingerprint density at radius 1 is 1.00 bits per heavy atom. The molecule has 0 aliphatic heterocycles. The first-order chi connectivity index (χ1) is 10.3. The summed E-state index contributed by atoms with van der Waals surface area (Å²) in [5.74, 6) is 0.583. The van der Waals surface area contributed by atoms with Crippen molar-refractivity contribution in [2.24, 2.45) is 5.10 Å². The lowest BCUT2D eigenvalue weighted by atomic mass is 10.1. The lowest BCUT2D eigenvalue weighted by Gasteiger charge is -2.05. The summed E-state index contributed by atoms with van der Waals surface area (Å²) in [5.41, 5.74) is 5.14. The van der Waals surface area contributed by atoms with Crippen LogP contribution in [0.4, 0.5) is 5.82 Å². The maximum absolute atomic E-state index is 6.04. The van der Waals surface area contributed by atoms with Gasteiger partial charge in [0, 0.05) is 10.8 Å². The number of aromatic nitrogens is 2. The van der Waals surface area contributed by atoms with Gasteiger partial charge in [0.2, 0.25) is 0 Å². The predicted molar refractivity (Wildman–Crippen MR) is 86.9 cm³/mol. The van der Waals surface area contributed by atoms with E-state index < -0.39 is 0 Å². The van der Waals surface area contributed by atoms with Crippen LogP contribution in [0.5, 0.6) is 0 Å². The van der Waals surface area contributed by atoms with E-state index in [9.17, 15) is 0 Å². The van der Waals surface area contributed by atoms with E-state index in [4.69, 9.17) is 11.6 Å². The smallest absolute Gasteiger partial charge is 0.176 e. The normalized spacial score (nSPS) is 11.1. The Morgan fingerprint density at radius 3 is 2.52 bits per heavy atom. The maximum atomic E-state index is 6.04. The molecule has 0 aliphatic rings. The molecule has 0 aliphatic carbocycles. The molecule has 4 nitrogen and oxygen atoms in total. The minimum Gasteiger partial charge on any atom is -0.259 e. The fraction of sp³-hybridized carbons (Fsp3) is 0.0625. The van der Waals surface area contributed by atoms with Gasteiger partial charge < -0.3 is 0 Å². The summed E-state index contributed by atoms with van der Waals surface area (Å²) in [4.78, 5) is 0. The van der Waals surface area contributed by atoms with Gasteiger partial charge in [0.1, 0.15) is 0 Å². The second kappa shape index (κ2) is 5.89. The molecule has 0 fully saturated rings. The Hall–Kier alpha value is -2.46. The van der Waals surface area contributed by atoms with Gasteiger partial charge in [0.15, 0.2) is 11.0 Å². The highest BCUT2D eigenvalue weighted by atomic mass is 35.5. The van der Waals surface area contributed by atoms with Crippen molar-refractivity contribution >= 4 is 34.4 Å². The Balaban J connectivity index is 1.89. The van der Waals surface area contributed by atoms with Crippen LogP contribution in [0.1, 0.15) is 11.1 Å². The molecule has 2 aromatic carbocycles. The van der Waals surface area contributed by atoms with Crippen LogP contribution in [0.25, 0.3) is 10.8 Å². The molecule has 0 radical (unpaired) electrons. The van der Waals surface area contributed by atoms with E-state index in [0.717, 1.165) is 21.9 Å². The molecule has 3 rings (SSSR count). The van der Waals surface area contributed by atoms with Crippen molar-refractivity contribution in [1.29, 1.82) is 0 Å². The van der Waals surface area contributed by atoms with Gasteiger partial charge in [-0.05, 0) is 18.1 Å².